The van der Waals surface area contributed by atoms with Crippen molar-refractivity contribution in [2.24, 2.45) is 0 Å². The van der Waals surface area contributed by atoms with Crippen LogP contribution in [0.4, 0.5) is 5.69 Å². The van der Waals surface area contributed by atoms with E-state index in [4.69, 9.17) is 11.6 Å². The second-order valence-corrected chi connectivity index (χ2v) is 4.87. The Balaban J connectivity index is 2.42. The third kappa shape index (κ3) is 2.66. The maximum Gasteiger partial charge on any atom is 0.337 e. The Kier molecular flexibility index (Phi) is 3.95. The minimum atomic E-state index is -1.02. The van der Waals surface area contributed by atoms with Gasteiger partial charge in [-0.3, -0.25) is 4.79 Å². The van der Waals surface area contributed by atoms with Gasteiger partial charge in [-0.25, -0.2) is 4.79 Å². The summed E-state index contributed by atoms with van der Waals surface area (Å²) in [5.41, 5.74) is 0.673. The first-order valence-electron chi connectivity index (χ1n) is 6.05. The number of carbonyl (C=O) groups excluding carboxylic acids is 1. The first kappa shape index (κ1) is 13.7. The van der Waals surface area contributed by atoms with Crippen LogP contribution in [-0.4, -0.2) is 36.6 Å². The molecular formula is C13H15ClN2O3. The minimum Gasteiger partial charge on any atom is -0.478 e. The van der Waals surface area contributed by atoms with E-state index < -0.39 is 5.97 Å². The van der Waals surface area contributed by atoms with Crippen molar-refractivity contribution >= 4 is 29.2 Å². The number of hydrogen-bond acceptors (Lipinski definition) is 3. The summed E-state index contributed by atoms with van der Waals surface area (Å²) in [4.78, 5) is 24.9. The van der Waals surface area contributed by atoms with E-state index >= 15 is 0 Å². The molecule has 1 aromatic rings. The summed E-state index contributed by atoms with van der Waals surface area (Å²) in [6.07, 6.45) is 1.56. The van der Waals surface area contributed by atoms with Crippen LogP contribution in [0.2, 0.25) is 5.02 Å². The molecule has 1 aliphatic heterocycles. The zero-order valence-electron chi connectivity index (χ0n) is 10.5. The van der Waals surface area contributed by atoms with Gasteiger partial charge in [0.2, 0.25) is 5.91 Å². The summed E-state index contributed by atoms with van der Waals surface area (Å²) >= 11 is 5.94. The van der Waals surface area contributed by atoms with Gasteiger partial charge in [0.1, 0.15) is 6.04 Å². The van der Waals surface area contributed by atoms with Crippen LogP contribution in [0.25, 0.3) is 0 Å². The topological polar surface area (TPSA) is 69.6 Å². The summed E-state index contributed by atoms with van der Waals surface area (Å²) in [7, 11) is 1.58. The van der Waals surface area contributed by atoms with Crippen LogP contribution >= 0.6 is 11.6 Å². The van der Waals surface area contributed by atoms with Crippen LogP contribution in [0.15, 0.2) is 18.2 Å². The SMILES string of the molecule is CNC(=O)C1CCCN1c1cc(Cl)ccc1C(=O)O. The number of halogens is 1. The molecule has 1 fully saturated rings. The number of benzene rings is 1. The molecule has 1 aliphatic rings. The van der Waals surface area contributed by atoms with Crippen LogP contribution in [0.1, 0.15) is 23.2 Å². The van der Waals surface area contributed by atoms with Gasteiger partial charge in [-0.1, -0.05) is 11.6 Å². The van der Waals surface area contributed by atoms with Gasteiger partial charge >= 0.3 is 5.97 Å². The fourth-order valence-electron chi connectivity index (χ4n) is 2.42. The van der Waals surface area contributed by atoms with Crippen molar-refractivity contribution in [1.29, 1.82) is 0 Å². The molecule has 1 amide bonds. The molecule has 0 aromatic heterocycles. The second kappa shape index (κ2) is 5.48. The fraction of sp³-hybridized carbons (Fsp3) is 0.385. The molecule has 6 heteroatoms. The Morgan fingerprint density at radius 1 is 1.47 bits per heavy atom. The van der Waals surface area contributed by atoms with Crippen LogP contribution < -0.4 is 10.2 Å². The first-order valence-corrected chi connectivity index (χ1v) is 6.43. The number of aromatic carboxylic acids is 1. The molecule has 0 aliphatic carbocycles. The zero-order chi connectivity index (χ0) is 14.0. The molecule has 102 valence electrons. The van der Waals surface area contributed by atoms with Crippen molar-refractivity contribution in [2.45, 2.75) is 18.9 Å². The van der Waals surface area contributed by atoms with Crippen molar-refractivity contribution in [2.75, 3.05) is 18.5 Å². The van der Waals surface area contributed by atoms with Gasteiger partial charge in [0.05, 0.1) is 11.3 Å². The van der Waals surface area contributed by atoms with Crippen LogP contribution in [0.3, 0.4) is 0 Å². The molecule has 0 radical (unpaired) electrons. The van der Waals surface area contributed by atoms with Gasteiger partial charge in [0, 0.05) is 18.6 Å². The van der Waals surface area contributed by atoms with E-state index in [0.717, 1.165) is 6.42 Å². The highest BCUT2D eigenvalue weighted by atomic mass is 35.5. The molecule has 1 atom stereocenters. The maximum atomic E-state index is 11.8. The summed E-state index contributed by atoms with van der Waals surface area (Å²) in [6.45, 7) is 0.651. The van der Waals surface area contributed by atoms with Gasteiger partial charge < -0.3 is 15.3 Å². The number of likely N-dealkylation sites (N-methyl/N-ethyl adjacent to an activating group) is 1. The molecule has 5 nitrogen and oxygen atoms in total. The lowest BCUT2D eigenvalue weighted by molar-refractivity contribution is -0.121. The number of carboxylic acids is 1. The van der Waals surface area contributed by atoms with E-state index in [2.05, 4.69) is 5.32 Å². The molecule has 1 saturated heterocycles. The fourth-order valence-corrected chi connectivity index (χ4v) is 2.58. The molecular weight excluding hydrogens is 268 g/mol. The van der Waals surface area contributed by atoms with E-state index in [0.29, 0.717) is 23.7 Å². The predicted molar refractivity (Wildman–Crippen MR) is 72.8 cm³/mol. The molecule has 1 aromatic carbocycles. The lowest BCUT2D eigenvalue weighted by atomic mass is 10.1. The molecule has 0 saturated carbocycles. The van der Waals surface area contributed by atoms with E-state index in [1.54, 1.807) is 19.2 Å². The Morgan fingerprint density at radius 2 is 2.21 bits per heavy atom. The Hall–Kier alpha value is -1.75. The minimum absolute atomic E-state index is 0.103. The van der Waals surface area contributed by atoms with Gasteiger partial charge in [-0.05, 0) is 31.0 Å². The van der Waals surface area contributed by atoms with Crippen molar-refractivity contribution < 1.29 is 14.7 Å². The van der Waals surface area contributed by atoms with Crippen LogP contribution in [0.5, 0.6) is 0 Å². The third-order valence-electron chi connectivity index (χ3n) is 3.30. The average Bonchev–Trinajstić information content (AvgIpc) is 2.86. The number of nitrogens with zero attached hydrogens (tertiary/aromatic N) is 1. The van der Waals surface area contributed by atoms with E-state index in [9.17, 15) is 14.7 Å². The Bertz CT molecular complexity index is 519. The van der Waals surface area contributed by atoms with Gasteiger partial charge in [0.15, 0.2) is 0 Å². The molecule has 1 unspecified atom stereocenters. The first-order chi connectivity index (χ1) is 9.04. The normalized spacial score (nSPS) is 18.4. The van der Waals surface area contributed by atoms with Gasteiger partial charge in [-0.2, -0.15) is 0 Å². The highest BCUT2D eigenvalue weighted by molar-refractivity contribution is 6.31. The lowest BCUT2D eigenvalue weighted by Crippen LogP contribution is -2.42. The second-order valence-electron chi connectivity index (χ2n) is 4.43. The number of hydrogen-bond donors (Lipinski definition) is 2. The smallest absolute Gasteiger partial charge is 0.337 e. The zero-order valence-corrected chi connectivity index (χ0v) is 11.3. The number of rotatable bonds is 3. The highest BCUT2D eigenvalue weighted by Crippen LogP contribution is 2.31. The van der Waals surface area contributed by atoms with E-state index in [-0.39, 0.29) is 17.5 Å². The highest BCUT2D eigenvalue weighted by Gasteiger charge is 2.32. The molecule has 19 heavy (non-hydrogen) atoms. The summed E-state index contributed by atoms with van der Waals surface area (Å²) in [5, 5.41) is 12.3. The summed E-state index contributed by atoms with van der Waals surface area (Å²) in [5.74, 6) is -1.12. The van der Waals surface area contributed by atoms with E-state index in [1.165, 1.54) is 6.07 Å². The Labute approximate surface area is 116 Å². The quantitative estimate of drug-likeness (QED) is 0.886. The molecule has 0 spiro atoms. The number of anilines is 1. The van der Waals surface area contributed by atoms with E-state index in [1.807, 2.05) is 4.90 Å². The third-order valence-corrected chi connectivity index (χ3v) is 3.54. The van der Waals surface area contributed by atoms with Crippen molar-refractivity contribution in [3.8, 4) is 0 Å². The molecule has 2 N–H and O–H groups in total. The number of carboxylic acid groups (broad SMARTS) is 1. The number of nitrogens with one attached hydrogen (secondary N) is 1. The average molecular weight is 283 g/mol. The van der Waals surface area contributed by atoms with Crippen molar-refractivity contribution in [3.05, 3.63) is 28.8 Å². The number of carbonyl (C=O) groups is 2. The standard InChI is InChI=1S/C13H15ClN2O3/c1-15-12(17)10-3-2-6-16(10)11-7-8(14)4-5-9(11)13(18)19/h4-5,7,10H,2-3,6H2,1H3,(H,15,17)(H,18,19). The van der Waals surface area contributed by atoms with Gasteiger partial charge in [-0.15, -0.1) is 0 Å². The summed E-state index contributed by atoms with van der Waals surface area (Å²) in [6, 6.07) is 4.28. The summed E-state index contributed by atoms with van der Waals surface area (Å²) < 4.78 is 0. The lowest BCUT2D eigenvalue weighted by Gasteiger charge is -2.27. The Morgan fingerprint density at radius 3 is 2.84 bits per heavy atom. The predicted octanol–water partition coefficient (Wildman–Crippen LogP) is 1.75. The maximum absolute atomic E-state index is 11.8. The largest absolute Gasteiger partial charge is 0.478 e. The van der Waals surface area contributed by atoms with Gasteiger partial charge in [0.25, 0.3) is 0 Å². The number of amides is 1. The molecule has 1 heterocycles. The van der Waals surface area contributed by atoms with Crippen molar-refractivity contribution in [3.63, 3.8) is 0 Å². The molecule has 2 rings (SSSR count). The van der Waals surface area contributed by atoms with Crippen LogP contribution in [0, 0.1) is 0 Å². The van der Waals surface area contributed by atoms with Crippen LogP contribution in [-0.2, 0) is 4.79 Å². The monoisotopic (exact) mass is 282 g/mol. The van der Waals surface area contributed by atoms with Crippen molar-refractivity contribution in [1.82, 2.24) is 5.32 Å². The molecule has 0 bridgehead atoms.